The molecule has 0 spiro atoms. The molecule has 2 heterocycles. The van der Waals surface area contributed by atoms with E-state index in [0.29, 0.717) is 15.7 Å². The molecule has 0 saturated heterocycles. The fraction of sp³-hybridized carbons (Fsp3) is 0. The quantitative estimate of drug-likeness (QED) is 0.788. The van der Waals surface area contributed by atoms with E-state index in [-0.39, 0.29) is 11.2 Å². The van der Waals surface area contributed by atoms with Crippen LogP contribution in [0.1, 0.15) is 10.4 Å². The molecule has 1 aromatic carbocycles. The summed E-state index contributed by atoms with van der Waals surface area (Å²) in [5.41, 5.74) is 1.78. The van der Waals surface area contributed by atoms with Gasteiger partial charge in [-0.1, -0.05) is 29.3 Å². The number of hydrogen-bond acceptors (Lipinski definition) is 3. The molecule has 0 bridgehead atoms. The summed E-state index contributed by atoms with van der Waals surface area (Å²) >= 11 is 11.9. The number of benzene rings is 1. The maximum absolute atomic E-state index is 11.1. The van der Waals surface area contributed by atoms with E-state index in [2.05, 4.69) is 10.1 Å². The number of carboxylic acids is 1. The van der Waals surface area contributed by atoms with E-state index >= 15 is 0 Å². The Hall–Kier alpha value is -2.11. The van der Waals surface area contributed by atoms with Gasteiger partial charge in [-0.15, -0.1) is 0 Å². The van der Waals surface area contributed by atoms with Gasteiger partial charge in [0.05, 0.1) is 21.9 Å². The molecule has 20 heavy (non-hydrogen) atoms. The molecular weight excluding hydrogens is 301 g/mol. The first kappa shape index (κ1) is 12.9. The number of hydrogen-bond donors (Lipinski definition) is 1. The molecule has 0 aliphatic heterocycles. The molecule has 7 heteroatoms. The maximum atomic E-state index is 11.1. The normalized spacial score (nSPS) is 10.9. The van der Waals surface area contributed by atoms with Crippen molar-refractivity contribution in [1.29, 1.82) is 0 Å². The minimum atomic E-state index is -1.07. The predicted octanol–water partition coefficient (Wildman–Crippen LogP) is 3.40. The van der Waals surface area contributed by atoms with E-state index in [1.807, 2.05) is 0 Å². The lowest BCUT2D eigenvalue weighted by Gasteiger charge is -2.06. The van der Waals surface area contributed by atoms with Crippen molar-refractivity contribution in [2.24, 2.45) is 0 Å². The molecule has 100 valence electrons. The topological polar surface area (TPSA) is 67.5 Å². The first-order chi connectivity index (χ1) is 9.58. The summed E-state index contributed by atoms with van der Waals surface area (Å²) in [6.07, 6.45) is 2.80. The Labute approximate surface area is 123 Å². The van der Waals surface area contributed by atoms with E-state index in [1.54, 1.807) is 24.3 Å². The van der Waals surface area contributed by atoms with Crippen molar-refractivity contribution in [3.8, 4) is 11.3 Å². The van der Waals surface area contributed by atoms with Crippen molar-refractivity contribution in [2.45, 2.75) is 0 Å². The van der Waals surface area contributed by atoms with Gasteiger partial charge in [-0.3, -0.25) is 0 Å². The number of aromatic carboxylic acids is 1. The molecule has 0 saturated carbocycles. The minimum absolute atomic E-state index is 0.0481. The molecule has 0 unspecified atom stereocenters. The zero-order chi connectivity index (χ0) is 14.3. The lowest BCUT2D eigenvalue weighted by Crippen LogP contribution is -1.99. The Balaban J connectivity index is 2.26. The molecule has 3 rings (SSSR count). The van der Waals surface area contributed by atoms with Gasteiger partial charge in [-0.05, 0) is 18.2 Å². The van der Waals surface area contributed by atoms with Gasteiger partial charge in [-0.25, -0.2) is 14.3 Å². The number of carboxylic acid groups (broad SMARTS) is 1. The van der Waals surface area contributed by atoms with Crippen LogP contribution in [0.3, 0.4) is 0 Å². The number of rotatable bonds is 2. The Bertz CT molecular complexity index is 830. The van der Waals surface area contributed by atoms with Gasteiger partial charge in [-0.2, -0.15) is 5.10 Å². The summed E-state index contributed by atoms with van der Waals surface area (Å²) in [4.78, 5) is 15.1. The Morgan fingerprint density at radius 2 is 2.00 bits per heavy atom. The van der Waals surface area contributed by atoms with Gasteiger partial charge in [0, 0.05) is 11.8 Å². The Morgan fingerprint density at radius 3 is 2.70 bits per heavy atom. The highest BCUT2D eigenvalue weighted by atomic mass is 35.5. The molecule has 0 atom stereocenters. The van der Waals surface area contributed by atoms with E-state index in [9.17, 15) is 4.79 Å². The lowest BCUT2D eigenvalue weighted by atomic mass is 10.1. The standard InChI is InChI=1S/C13H7Cl2N3O2/c14-9-2-1-7(5-10(9)15)11-3-4-16-12-8(13(19)20)6-17-18(11)12/h1-6H,(H,19,20). The second-order valence-electron chi connectivity index (χ2n) is 4.06. The minimum Gasteiger partial charge on any atom is -0.477 e. The number of carbonyl (C=O) groups is 1. The first-order valence-corrected chi connectivity index (χ1v) is 6.35. The molecule has 0 aliphatic carbocycles. The summed E-state index contributed by atoms with van der Waals surface area (Å²) in [6.45, 7) is 0. The van der Waals surface area contributed by atoms with E-state index in [4.69, 9.17) is 28.3 Å². The van der Waals surface area contributed by atoms with Gasteiger partial charge in [0.15, 0.2) is 5.65 Å². The van der Waals surface area contributed by atoms with Crippen LogP contribution in [-0.4, -0.2) is 25.7 Å². The highest BCUT2D eigenvalue weighted by Gasteiger charge is 2.15. The Morgan fingerprint density at radius 1 is 1.20 bits per heavy atom. The van der Waals surface area contributed by atoms with Crippen LogP contribution in [0.25, 0.3) is 16.9 Å². The van der Waals surface area contributed by atoms with Crippen molar-refractivity contribution >= 4 is 34.8 Å². The van der Waals surface area contributed by atoms with Gasteiger partial charge >= 0.3 is 5.97 Å². The van der Waals surface area contributed by atoms with Gasteiger partial charge in [0.25, 0.3) is 0 Å². The van der Waals surface area contributed by atoms with Crippen LogP contribution in [0.15, 0.2) is 36.7 Å². The molecule has 0 amide bonds. The van der Waals surface area contributed by atoms with Gasteiger partial charge < -0.3 is 5.11 Å². The fourth-order valence-corrected chi connectivity index (χ4v) is 2.21. The average Bonchev–Trinajstić information content (AvgIpc) is 2.86. The number of nitrogens with zero attached hydrogens (tertiary/aromatic N) is 3. The number of aromatic nitrogens is 3. The maximum Gasteiger partial charge on any atom is 0.341 e. The molecule has 0 fully saturated rings. The largest absolute Gasteiger partial charge is 0.477 e. The fourth-order valence-electron chi connectivity index (χ4n) is 1.92. The highest BCUT2D eigenvalue weighted by Crippen LogP contribution is 2.28. The molecule has 5 nitrogen and oxygen atoms in total. The van der Waals surface area contributed by atoms with E-state index < -0.39 is 5.97 Å². The smallest absolute Gasteiger partial charge is 0.341 e. The van der Waals surface area contributed by atoms with Crippen molar-refractivity contribution < 1.29 is 9.90 Å². The van der Waals surface area contributed by atoms with Crippen LogP contribution in [0.4, 0.5) is 0 Å². The third kappa shape index (κ3) is 2.01. The van der Waals surface area contributed by atoms with Crippen LogP contribution in [0.2, 0.25) is 10.0 Å². The summed E-state index contributed by atoms with van der Waals surface area (Å²) < 4.78 is 1.46. The lowest BCUT2D eigenvalue weighted by molar-refractivity contribution is 0.0699. The van der Waals surface area contributed by atoms with Crippen molar-refractivity contribution in [2.75, 3.05) is 0 Å². The molecule has 0 aliphatic rings. The van der Waals surface area contributed by atoms with Gasteiger partial charge in [0.2, 0.25) is 0 Å². The molecule has 2 aromatic heterocycles. The molecular formula is C13H7Cl2N3O2. The van der Waals surface area contributed by atoms with Crippen LogP contribution in [0.5, 0.6) is 0 Å². The third-order valence-electron chi connectivity index (χ3n) is 2.85. The number of halogens is 2. The average molecular weight is 308 g/mol. The summed E-state index contributed by atoms with van der Waals surface area (Å²) in [5.74, 6) is -1.07. The summed E-state index contributed by atoms with van der Waals surface area (Å²) in [7, 11) is 0. The van der Waals surface area contributed by atoms with Crippen molar-refractivity contribution in [3.63, 3.8) is 0 Å². The van der Waals surface area contributed by atoms with Crippen molar-refractivity contribution in [3.05, 3.63) is 52.3 Å². The zero-order valence-electron chi connectivity index (χ0n) is 9.92. The second kappa shape index (κ2) is 4.77. The van der Waals surface area contributed by atoms with Crippen LogP contribution in [0, 0.1) is 0 Å². The van der Waals surface area contributed by atoms with Crippen LogP contribution in [-0.2, 0) is 0 Å². The van der Waals surface area contributed by atoms with Crippen molar-refractivity contribution in [1.82, 2.24) is 14.6 Å². The summed E-state index contributed by atoms with van der Waals surface area (Å²) in [5, 5.41) is 14.0. The molecule has 1 N–H and O–H groups in total. The van der Waals surface area contributed by atoms with Crippen LogP contribution < -0.4 is 0 Å². The SMILES string of the molecule is O=C(O)c1cnn2c(-c3ccc(Cl)c(Cl)c3)ccnc12. The monoisotopic (exact) mass is 307 g/mol. The second-order valence-corrected chi connectivity index (χ2v) is 4.87. The zero-order valence-corrected chi connectivity index (χ0v) is 11.4. The predicted molar refractivity (Wildman–Crippen MR) is 75.4 cm³/mol. The van der Waals surface area contributed by atoms with Crippen LogP contribution >= 0.6 is 23.2 Å². The van der Waals surface area contributed by atoms with Gasteiger partial charge in [0.1, 0.15) is 5.56 Å². The highest BCUT2D eigenvalue weighted by molar-refractivity contribution is 6.42. The molecule has 3 aromatic rings. The Kier molecular flexibility index (Phi) is 3.08. The van der Waals surface area contributed by atoms with E-state index in [0.717, 1.165) is 5.56 Å². The van der Waals surface area contributed by atoms with E-state index in [1.165, 1.54) is 16.9 Å². The molecule has 0 radical (unpaired) electrons. The third-order valence-corrected chi connectivity index (χ3v) is 3.59. The summed E-state index contributed by atoms with van der Waals surface area (Å²) in [6, 6.07) is 6.88. The first-order valence-electron chi connectivity index (χ1n) is 5.59. The number of fused-ring (bicyclic) bond motifs is 1.